The Morgan fingerprint density at radius 1 is 1.32 bits per heavy atom. The molecule has 0 spiro atoms. The van der Waals surface area contributed by atoms with E-state index in [2.05, 4.69) is 40.4 Å². The predicted molar refractivity (Wildman–Crippen MR) is 106 cm³/mol. The maximum Gasteiger partial charge on any atom is 0.250 e. The lowest BCUT2D eigenvalue weighted by Gasteiger charge is -2.37. The van der Waals surface area contributed by atoms with Gasteiger partial charge in [-0.05, 0) is 55.9 Å². The summed E-state index contributed by atoms with van der Waals surface area (Å²) in [7, 11) is -0.365. The summed E-state index contributed by atoms with van der Waals surface area (Å²) in [5.41, 5.74) is 1.83. The molecule has 1 unspecified atom stereocenters. The standard InChI is InChI=1S/C21H32O3Si/c1-8-10-15-11-9-12-17-16(19(15)22)13-14-18(23-5)20(17)24-25(6,7)21(2,3)4/h8,13-15H,1,9-12H2,2-7H3. The molecule has 0 saturated heterocycles. The van der Waals surface area contributed by atoms with Gasteiger partial charge in [-0.3, -0.25) is 4.79 Å². The molecule has 0 heterocycles. The van der Waals surface area contributed by atoms with Crippen LogP contribution in [-0.4, -0.2) is 21.2 Å². The van der Waals surface area contributed by atoms with Gasteiger partial charge in [-0.2, -0.15) is 0 Å². The number of rotatable bonds is 5. The fraction of sp³-hybridized carbons (Fsp3) is 0.571. The van der Waals surface area contributed by atoms with E-state index in [1.807, 2.05) is 18.2 Å². The second kappa shape index (κ2) is 7.36. The highest BCUT2D eigenvalue weighted by Crippen LogP contribution is 2.44. The summed E-state index contributed by atoms with van der Waals surface area (Å²) in [6.07, 6.45) is 5.34. The largest absolute Gasteiger partial charge is 0.541 e. The van der Waals surface area contributed by atoms with Gasteiger partial charge < -0.3 is 9.16 Å². The van der Waals surface area contributed by atoms with Crippen molar-refractivity contribution >= 4 is 14.1 Å². The van der Waals surface area contributed by atoms with E-state index in [0.717, 1.165) is 48.3 Å². The van der Waals surface area contributed by atoms with Gasteiger partial charge in [0.15, 0.2) is 17.3 Å². The molecule has 0 N–H and O–H groups in total. The molecule has 2 rings (SSSR count). The van der Waals surface area contributed by atoms with Gasteiger partial charge in [0.05, 0.1) is 7.11 Å². The first-order chi connectivity index (χ1) is 11.6. The average molecular weight is 361 g/mol. The first-order valence-corrected chi connectivity index (χ1v) is 12.1. The molecular weight excluding hydrogens is 328 g/mol. The van der Waals surface area contributed by atoms with Crippen LogP contribution >= 0.6 is 0 Å². The van der Waals surface area contributed by atoms with Crippen molar-refractivity contribution in [3.05, 3.63) is 35.9 Å². The number of carbonyl (C=O) groups excluding carboxylic acids is 1. The van der Waals surface area contributed by atoms with E-state index < -0.39 is 8.32 Å². The molecule has 0 amide bonds. The number of carbonyl (C=O) groups is 1. The van der Waals surface area contributed by atoms with Crippen LogP contribution in [0.15, 0.2) is 24.8 Å². The van der Waals surface area contributed by atoms with E-state index in [-0.39, 0.29) is 16.7 Å². The Morgan fingerprint density at radius 2 is 2.00 bits per heavy atom. The molecule has 1 aromatic rings. The first-order valence-electron chi connectivity index (χ1n) is 9.16. The Kier molecular flexibility index (Phi) is 5.82. The number of allylic oxidation sites excluding steroid dienone is 1. The van der Waals surface area contributed by atoms with Crippen molar-refractivity contribution in [1.29, 1.82) is 0 Å². The summed E-state index contributed by atoms with van der Waals surface area (Å²) >= 11 is 0. The minimum atomic E-state index is -2.03. The molecular formula is C21H32O3Si. The zero-order chi connectivity index (χ0) is 18.8. The molecule has 1 aromatic carbocycles. The van der Waals surface area contributed by atoms with Crippen LogP contribution in [0.4, 0.5) is 0 Å². The SMILES string of the molecule is C=CCC1CCCc2c(ccc(OC)c2O[Si](C)(C)C(C)(C)C)C1=O. The molecule has 1 aliphatic rings. The molecule has 0 radical (unpaired) electrons. The molecule has 4 heteroatoms. The smallest absolute Gasteiger partial charge is 0.250 e. The number of fused-ring (bicyclic) bond motifs is 1. The third-order valence-electron chi connectivity index (χ3n) is 5.67. The number of benzene rings is 1. The van der Waals surface area contributed by atoms with Gasteiger partial charge in [0.1, 0.15) is 0 Å². The van der Waals surface area contributed by atoms with Crippen LogP contribution in [0.5, 0.6) is 11.5 Å². The molecule has 1 atom stereocenters. The van der Waals surface area contributed by atoms with Crippen molar-refractivity contribution in [2.45, 2.75) is 64.6 Å². The van der Waals surface area contributed by atoms with Gasteiger partial charge in [0.2, 0.25) is 0 Å². The first kappa shape index (κ1) is 19.8. The number of ketones is 1. The zero-order valence-electron chi connectivity index (χ0n) is 16.6. The van der Waals surface area contributed by atoms with Gasteiger partial charge in [-0.15, -0.1) is 6.58 Å². The monoisotopic (exact) mass is 360 g/mol. The van der Waals surface area contributed by atoms with Gasteiger partial charge in [-0.1, -0.05) is 26.8 Å². The zero-order valence-corrected chi connectivity index (χ0v) is 17.6. The van der Waals surface area contributed by atoms with Crippen molar-refractivity contribution < 1.29 is 14.0 Å². The lowest BCUT2D eigenvalue weighted by atomic mass is 9.92. The summed E-state index contributed by atoms with van der Waals surface area (Å²) in [5.74, 6) is 1.78. The number of hydrogen-bond acceptors (Lipinski definition) is 3. The lowest BCUT2D eigenvalue weighted by molar-refractivity contribution is 0.0917. The average Bonchev–Trinajstić information content (AvgIpc) is 2.67. The van der Waals surface area contributed by atoms with Crippen molar-refractivity contribution in [3.8, 4) is 11.5 Å². The van der Waals surface area contributed by atoms with Crippen molar-refractivity contribution in [3.63, 3.8) is 0 Å². The molecule has 0 fully saturated rings. The van der Waals surface area contributed by atoms with E-state index in [0.29, 0.717) is 0 Å². The fourth-order valence-corrected chi connectivity index (χ4v) is 4.11. The van der Waals surface area contributed by atoms with Crippen molar-refractivity contribution in [1.82, 2.24) is 0 Å². The van der Waals surface area contributed by atoms with Gasteiger partial charge in [0.25, 0.3) is 8.32 Å². The Morgan fingerprint density at radius 3 is 2.56 bits per heavy atom. The topological polar surface area (TPSA) is 35.5 Å². The minimum Gasteiger partial charge on any atom is -0.541 e. The highest BCUT2D eigenvalue weighted by molar-refractivity contribution is 6.74. The third-order valence-corrected chi connectivity index (χ3v) is 10.0. The maximum atomic E-state index is 13.0. The van der Waals surface area contributed by atoms with Crippen LogP contribution in [0.3, 0.4) is 0 Å². The van der Waals surface area contributed by atoms with Crippen molar-refractivity contribution in [2.75, 3.05) is 7.11 Å². The predicted octanol–water partition coefficient (Wildman–Crippen LogP) is 5.79. The van der Waals surface area contributed by atoms with E-state index in [9.17, 15) is 4.79 Å². The molecule has 138 valence electrons. The highest BCUT2D eigenvalue weighted by Gasteiger charge is 2.40. The van der Waals surface area contributed by atoms with E-state index >= 15 is 0 Å². The maximum absolute atomic E-state index is 13.0. The number of hydrogen-bond donors (Lipinski definition) is 0. The van der Waals surface area contributed by atoms with E-state index in [1.165, 1.54) is 0 Å². The Hall–Kier alpha value is -1.55. The summed E-state index contributed by atoms with van der Waals surface area (Å²) < 4.78 is 12.2. The summed E-state index contributed by atoms with van der Waals surface area (Å²) in [5, 5.41) is 0.0842. The Labute approximate surface area is 153 Å². The quantitative estimate of drug-likeness (QED) is 0.379. The molecule has 0 aromatic heterocycles. The fourth-order valence-electron chi connectivity index (χ4n) is 3.07. The molecule has 1 aliphatic carbocycles. The van der Waals surface area contributed by atoms with Gasteiger partial charge >= 0.3 is 0 Å². The summed E-state index contributed by atoms with van der Waals surface area (Å²) in [6.45, 7) is 14.9. The Balaban J connectivity index is 2.54. The van der Waals surface area contributed by atoms with Crippen LogP contribution in [0.2, 0.25) is 18.1 Å². The molecule has 0 bridgehead atoms. The second-order valence-electron chi connectivity index (χ2n) is 8.46. The molecule has 3 nitrogen and oxygen atoms in total. The van der Waals surface area contributed by atoms with E-state index in [1.54, 1.807) is 7.11 Å². The van der Waals surface area contributed by atoms with Crippen LogP contribution in [0.1, 0.15) is 56.0 Å². The number of ether oxygens (including phenoxy) is 1. The normalized spacial score (nSPS) is 18.3. The summed E-state index contributed by atoms with van der Waals surface area (Å²) in [4.78, 5) is 13.0. The van der Waals surface area contributed by atoms with Crippen molar-refractivity contribution in [2.24, 2.45) is 5.92 Å². The number of methoxy groups -OCH3 is 1. The van der Waals surface area contributed by atoms with Crippen LogP contribution in [0.25, 0.3) is 0 Å². The van der Waals surface area contributed by atoms with Gasteiger partial charge in [-0.25, -0.2) is 0 Å². The van der Waals surface area contributed by atoms with Crippen LogP contribution in [-0.2, 0) is 6.42 Å². The van der Waals surface area contributed by atoms with E-state index in [4.69, 9.17) is 9.16 Å². The second-order valence-corrected chi connectivity index (χ2v) is 13.2. The highest BCUT2D eigenvalue weighted by atomic mass is 28.4. The molecule has 0 saturated carbocycles. The number of Topliss-reactive ketones (excluding diaryl/α,β-unsaturated/α-hetero) is 1. The lowest BCUT2D eigenvalue weighted by Crippen LogP contribution is -2.44. The van der Waals surface area contributed by atoms with Gasteiger partial charge in [0, 0.05) is 17.0 Å². The minimum absolute atomic E-state index is 0.0351. The molecule has 25 heavy (non-hydrogen) atoms. The third kappa shape index (κ3) is 4.00. The molecule has 0 aliphatic heterocycles. The summed E-state index contributed by atoms with van der Waals surface area (Å²) in [6, 6.07) is 3.80. The van der Waals surface area contributed by atoms with Crippen LogP contribution < -0.4 is 9.16 Å². The van der Waals surface area contributed by atoms with Crippen LogP contribution in [0, 0.1) is 5.92 Å². The Bertz CT molecular complexity index is 656.